The molecule has 0 aromatic heterocycles. The van der Waals surface area contributed by atoms with E-state index in [0.29, 0.717) is 43.3 Å². The molecule has 3 rings (SSSR count). The number of amides is 1. The highest BCUT2D eigenvalue weighted by atomic mass is 32.2. The summed E-state index contributed by atoms with van der Waals surface area (Å²) in [5, 5.41) is 2.62. The molecule has 2 aromatic carbocycles. The van der Waals surface area contributed by atoms with Gasteiger partial charge in [-0.25, -0.2) is 13.2 Å². The van der Waals surface area contributed by atoms with Gasteiger partial charge in [-0.3, -0.25) is 4.79 Å². The Morgan fingerprint density at radius 2 is 1.58 bits per heavy atom. The second kappa shape index (κ2) is 10.8. The maximum Gasteiger partial charge on any atom is 0.338 e. The number of benzene rings is 2. The molecule has 1 heterocycles. The number of rotatable bonds is 8. The minimum absolute atomic E-state index is 0.0139. The van der Waals surface area contributed by atoms with E-state index in [1.54, 1.807) is 24.3 Å². The van der Waals surface area contributed by atoms with Crippen LogP contribution in [0.2, 0.25) is 0 Å². The van der Waals surface area contributed by atoms with Crippen LogP contribution in [0.4, 0.5) is 5.69 Å². The minimum Gasteiger partial charge on any atom is -0.491 e. The van der Waals surface area contributed by atoms with Crippen LogP contribution in [0.5, 0.6) is 5.75 Å². The number of esters is 1. The van der Waals surface area contributed by atoms with Gasteiger partial charge in [0.1, 0.15) is 5.75 Å². The summed E-state index contributed by atoms with van der Waals surface area (Å²) in [6, 6.07) is 12.3. The molecule has 1 saturated heterocycles. The molecule has 0 unspecified atom stereocenters. The van der Waals surface area contributed by atoms with Crippen molar-refractivity contribution in [3.8, 4) is 5.75 Å². The maximum absolute atomic E-state index is 12.7. The molecule has 0 bridgehead atoms. The van der Waals surface area contributed by atoms with Gasteiger partial charge >= 0.3 is 5.97 Å². The summed E-state index contributed by atoms with van der Waals surface area (Å²) >= 11 is 0. The molecule has 1 N–H and O–H groups in total. The Labute approximate surface area is 193 Å². The fourth-order valence-corrected chi connectivity index (χ4v) is 4.52. The Bertz CT molecular complexity index is 1060. The topological polar surface area (TPSA) is 111 Å². The number of carbonyl (C=O) groups is 2. The lowest BCUT2D eigenvalue weighted by Gasteiger charge is -2.26. The molecule has 0 saturated carbocycles. The molecule has 0 aliphatic carbocycles. The van der Waals surface area contributed by atoms with E-state index in [-0.39, 0.29) is 11.0 Å². The lowest BCUT2D eigenvalue weighted by atomic mass is 10.2. The molecule has 1 fully saturated rings. The molecule has 10 heteroatoms. The van der Waals surface area contributed by atoms with Crippen molar-refractivity contribution in [1.29, 1.82) is 0 Å². The number of morpholine rings is 1. The van der Waals surface area contributed by atoms with Gasteiger partial charge in [0.05, 0.1) is 29.8 Å². The first-order valence-corrected chi connectivity index (χ1v) is 12.1. The molecular weight excluding hydrogens is 448 g/mol. The molecule has 0 radical (unpaired) electrons. The summed E-state index contributed by atoms with van der Waals surface area (Å²) in [4.78, 5) is 24.9. The summed E-state index contributed by atoms with van der Waals surface area (Å²) in [6.07, 6.45) is -1.04. The molecular formula is C23H28N2O7S. The number of hydrogen-bond donors (Lipinski definition) is 1. The summed E-state index contributed by atoms with van der Waals surface area (Å²) < 4.78 is 42.7. The van der Waals surface area contributed by atoms with Gasteiger partial charge in [0.2, 0.25) is 10.0 Å². The first-order chi connectivity index (χ1) is 15.7. The smallest absolute Gasteiger partial charge is 0.338 e. The minimum atomic E-state index is -3.62. The van der Waals surface area contributed by atoms with Crippen molar-refractivity contribution in [3.63, 3.8) is 0 Å². The molecule has 2 aromatic rings. The van der Waals surface area contributed by atoms with E-state index < -0.39 is 28.0 Å². The Hall–Kier alpha value is -2.95. The highest BCUT2D eigenvalue weighted by molar-refractivity contribution is 7.89. The summed E-state index contributed by atoms with van der Waals surface area (Å²) in [6.45, 7) is 6.59. The summed E-state index contributed by atoms with van der Waals surface area (Å²) in [5.41, 5.74) is 0.683. The number of hydrogen-bond acceptors (Lipinski definition) is 7. The zero-order valence-corrected chi connectivity index (χ0v) is 19.6. The van der Waals surface area contributed by atoms with Gasteiger partial charge in [0, 0.05) is 18.8 Å². The van der Waals surface area contributed by atoms with E-state index in [9.17, 15) is 18.0 Å². The zero-order valence-electron chi connectivity index (χ0n) is 18.8. The summed E-state index contributed by atoms with van der Waals surface area (Å²) in [5.74, 6) is -0.543. The predicted molar refractivity (Wildman–Crippen MR) is 122 cm³/mol. The van der Waals surface area contributed by atoms with Crippen molar-refractivity contribution in [3.05, 3.63) is 54.1 Å². The predicted octanol–water partition coefficient (Wildman–Crippen LogP) is 2.68. The van der Waals surface area contributed by atoms with Gasteiger partial charge in [-0.15, -0.1) is 0 Å². The van der Waals surface area contributed by atoms with E-state index >= 15 is 0 Å². The molecule has 178 valence electrons. The van der Waals surface area contributed by atoms with Gasteiger partial charge < -0.3 is 19.5 Å². The lowest BCUT2D eigenvalue weighted by Crippen LogP contribution is -2.40. The molecule has 33 heavy (non-hydrogen) atoms. The number of anilines is 1. The summed E-state index contributed by atoms with van der Waals surface area (Å²) in [7, 11) is -3.62. The molecule has 1 atom stereocenters. The fraction of sp³-hybridized carbons (Fsp3) is 0.391. The molecule has 1 aliphatic heterocycles. The van der Waals surface area contributed by atoms with Crippen LogP contribution in [0.15, 0.2) is 53.4 Å². The average molecular weight is 477 g/mol. The number of nitrogens with one attached hydrogen (secondary N) is 1. The van der Waals surface area contributed by atoms with Crippen molar-refractivity contribution in [2.75, 3.05) is 31.6 Å². The second-order valence-electron chi connectivity index (χ2n) is 7.77. The Morgan fingerprint density at radius 1 is 0.970 bits per heavy atom. The van der Waals surface area contributed by atoms with Gasteiger partial charge in [-0.1, -0.05) is 0 Å². The van der Waals surface area contributed by atoms with Crippen LogP contribution in [0.1, 0.15) is 31.1 Å². The van der Waals surface area contributed by atoms with Gasteiger partial charge in [-0.2, -0.15) is 4.31 Å². The molecule has 0 spiro atoms. The van der Waals surface area contributed by atoms with Crippen molar-refractivity contribution in [2.45, 2.75) is 37.9 Å². The van der Waals surface area contributed by atoms with E-state index in [2.05, 4.69) is 5.32 Å². The normalized spacial score (nSPS) is 15.6. The standard InChI is InChI=1S/C23H28N2O7S/c1-16(2)31-20-8-4-18(5-9-20)23(27)32-17(3)22(26)24-19-6-10-21(11-7-19)33(28,29)25-12-14-30-15-13-25/h4-11,16-17H,12-15H2,1-3H3,(H,24,26)/t17-/m1/s1. The van der Waals surface area contributed by atoms with Crippen molar-refractivity contribution in [2.24, 2.45) is 0 Å². The van der Waals surface area contributed by atoms with Crippen LogP contribution in [0.25, 0.3) is 0 Å². The third-order valence-corrected chi connectivity index (χ3v) is 6.76. The Morgan fingerprint density at radius 3 is 2.15 bits per heavy atom. The molecule has 1 aliphatic rings. The quantitative estimate of drug-likeness (QED) is 0.583. The Balaban J connectivity index is 1.56. The van der Waals surface area contributed by atoms with Gasteiger partial charge in [0.15, 0.2) is 6.10 Å². The number of nitrogens with zero attached hydrogens (tertiary/aromatic N) is 1. The molecule has 1 amide bonds. The van der Waals surface area contributed by atoms with E-state index in [1.165, 1.54) is 35.5 Å². The number of ether oxygens (including phenoxy) is 3. The SMILES string of the molecule is CC(C)Oc1ccc(C(=O)O[C@H](C)C(=O)Nc2ccc(S(=O)(=O)N3CCOCC3)cc2)cc1. The largest absolute Gasteiger partial charge is 0.491 e. The van der Waals surface area contributed by atoms with Crippen LogP contribution < -0.4 is 10.1 Å². The maximum atomic E-state index is 12.7. The highest BCUT2D eigenvalue weighted by Gasteiger charge is 2.26. The fourth-order valence-electron chi connectivity index (χ4n) is 3.11. The molecule has 9 nitrogen and oxygen atoms in total. The third-order valence-electron chi connectivity index (χ3n) is 4.84. The zero-order chi connectivity index (χ0) is 24.0. The number of carbonyl (C=O) groups excluding carboxylic acids is 2. The lowest BCUT2D eigenvalue weighted by molar-refractivity contribution is -0.123. The first kappa shape index (κ1) is 24.7. The van der Waals surface area contributed by atoms with Crippen molar-refractivity contribution in [1.82, 2.24) is 4.31 Å². The van der Waals surface area contributed by atoms with E-state index in [4.69, 9.17) is 14.2 Å². The van der Waals surface area contributed by atoms with Crippen LogP contribution in [-0.2, 0) is 24.3 Å². The van der Waals surface area contributed by atoms with Crippen molar-refractivity contribution < 1.29 is 32.2 Å². The number of sulfonamides is 1. The average Bonchev–Trinajstić information content (AvgIpc) is 2.80. The highest BCUT2D eigenvalue weighted by Crippen LogP contribution is 2.20. The van der Waals surface area contributed by atoms with Gasteiger partial charge in [-0.05, 0) is 69.3 Å². The van der Waals surface area contributed by atoms with Crippen LogP contribution in [0, 0.1) is 0 Å². The van der Waals surface area contributed by atoms with E-state index in [0.717, 1.165) is 0 Å². The first-order valence-electron chi connectivity index (χ1n) is 10.6. The van der Waals surface area contributed by atoms with Crippen molar-refractivity contribution >= 4 is 27.6 Å². The monoisotopic (exact) mass is 476 g/mol. The third kappa shape index (κ3) is 6.53. The second-order valence-corrected chi connectivity index (χ2v) is 9.71. The van der Waals surface area contributed by atoms with Crippen LogP contribution in [0.3, 0.4) is 0 Å². The van der Waals surface area contributed by atoms with Gasteiger partial charge in [0.25, 0.3) is 5.91 Å². The van der Waals surface area contributed by atoms with Crippen LogP contribution >= 0.6 is 0 Å². The Kier molecular flexibility index (Phi) is 8.06. The van der Waals surface area contributed by atoms with Crippen LogP contribution in [-0.4, -0.2) is 63.1 Å². The van der Waals surface area contributed by atoms with E-state index in [1.807, 2.05) is 13.8 Å².